The average molecular weight is 341 g/mol. The molecule has 0 aromatic heterocycles. The first-order valence-corrected chi connectivity index (χ1v) is 8.50. The van der Waals surface area contributed by atoms with Gasteiger partial charge in [0.1, 0.15) is 11.7 Å². The van der Waals surface area contributed by atoms with Gasteiger partial charge in [-0.3, -0.25) is 9.59 Å². The maximum atomic E-state index is 12.8. The third-order valence-electron chi connectivity index (χ3n) is 4.28. The maximum absolute atomic E-state index is 12.8. The molecule has 3 rings (SSSR count). The van der Waals surface area contributed by atoms with Crippen molar-refractivity contribution in [2.45, 2.75) is 33.5 Å². The molecular formula is C19H23N3O3. The van der Waals surface area contributed by atoms with Gasteiger partial charge in [0.05, 0.1) is 11.9 Å². The molecule has 2 atom stereocenters. The first kappa shape index (κ1) is 17.2. The molecule has 2 heterocycles. The number of carbonyl (C=O) groups excluding carboxylic acids is 2. The highest BCUT2D eigenvalue weighted by Crippen LogP contribution is 2.35. The van der Waals surface area contributed by atoms with E-state index in [-0.39, 0.29) is 11.8 Å². The van der Waals surface area contributed by atoms with Crippen LogP contribution >= 0.6 is 0 Å². The van der Waals surface area contributed by atoms with Crippen LogP contribution < -0.4 is 5.32 Å². The predicted molar refractivity (Wildman–Crippen MR) is 94.4 cm³/mol. The number of amides is 2. The lowest BCUT2D eigenvalue weighted by Gasteiger charge is -2.29. The van der Waals surface area contributed by atoms with Crippen LogP contribution in [-0.2, 0) is 20.9 Å². The highest BCUT2D eigenvalue weighted by molar-refractivity contribution is 6.04. The van der Waals surface area contributed by atoms with E-state index in [2.05, 4.69) is 10.3 Å². The van der Waals surface area contributed by atoms with Crippen molar-refractivity contribution in [1.82, 2.24) is 10.2 Å². The summed E-state index contributed by atoms with van der Waals surface area (Å²) in [5.74, 6) is -0.286. The van der Waals surface area contributed by atoms with Crippen LogP contribution in [0.3, 0.4) is 0 Å². The van der Waals surface area contributed by atoms with Crippen LogP contribution in [0.15, 0.2) is 46.7 Å². The minimum Gasteiger partial charge on any atom is -0.472 e. The number of nitrogens with one attached hydrogen (secondary N) is 1. The number of hydrogen-bond donors (Lipinski definition) is 1. The van der Waals surface area contributed by atoms with Gasteiger partial charge in [-0.05, 0) is 18.4 Å². The molecule has 2 aliphatic rings. The largest absolute Gasteiger partial charge is 0.472 e. The van der Waals surface area contributed by atoms with Gasteiger partial charge >= 0.3 is 0 Å². The van der Waals surface area contributed by atoms with E-state index in [1.54, 1.807) is 11.8 Å². The molecule has 25 heavy (non-hydrogen) atoms. The summed E-state index contributed by atoms with van der Waals surface area (Å²) < 4.78 is 5.65. The molecule has 132 valence electrons. The summed E-state index contributed by atoms with van der Waals surface area (Å²) in [4.78, 5) is 31.4. The summed E-state index contributed by atoms with van der Waals surface area (Å²) in [6, 6.07) is 9.65. The summed E-state index contributed by atoms with van der Waals surface area (Å²) in [5, 5.41) is 2.88. The van der Waals surface area contributed by atoms with Gasteiger partial charge in [0, 0.05) is 13.1 Å². The van der Waals surface area contributed by atoms with E-state index in [0.717, 1.165) is 5.56 Å². The summed E-state index contributed by atoms with van der Waals surface area (Å²) >= 11 is 0. The van der Waals surface area contributed by atoms with Gasteiger partial charge < -0.3 is 15.0 Å². The second-order valence-electron chi connectivity index (χ2n) is 6.77. The topological polar surface area (TPSA) is 71.0 Å². The van der Waals surface area contributed by atoms with Crippen molar-refractivity contribution in [1.29, 1.82) is 0 Å². The molecule has 1 N–H and O–H groups in total. The van der Waals surface area contributed by atoms with Gasteiger partial charge in [-0.1, -0.05) is 44.2 Å². The number of ether oxygens (including phenoxy) is 1. The summed E-state index contributed by atoms with van der Waals surface area (Å²) in [7, 11) is 0. The lowest BCUT2D eigenvalue weighted by molar-refractivity contribution is -0.135. The van der Waals surface area contributed by atoms with Gasteiger partial charge in [0.25, 0.3) is 5.91 Å². The van der Waals surface area contributed by atoms with Crippen molar-refractivity contribution in [2.75, 3.05) is 6.54 Å². The van der Waals surface area contributed by atoms with Gasteiger partial charge in [-0.15, -0.1) is 0 Å². The van der Waals surface area contributed by atoms with E-state index in [0.29, 0.717) is 30.3 Å². The van der Waals surface area contributed by atoms with Gasteiger partial charge in [0.15, 0.2) is 0 Å². The van der Waals surface area contributed by atoms with Gasteiger partial charge in [0.2, 0.25) is 12.1 Å². The molecule has 0 spiro atoms. The minimum atomic E-state index is -0.667. The monoisotopic (exact) mass is 341 g/mol. The van der Waals surface area contributed by atoms with Crippen LogP contribution in [0, 0.1) is 11.8 Å². The summed E-state index contributed by atoms with van der Waals surface area (Å²) in [5.41, 5.74) is 1.38. The normalized spacial score (nSPS) is 22.2. The van der Waals surface area contributed by atoms with E-state index >= 15 is 0 Å². The van der Waals surface area contributed by atoms with Crippen molar-refractivity contribution in [3.8, 4) is 0 Å². The van der Waals surface area contributed by atoms with Crippen LogP contribution in [0.2, 0.25) is 0 Å². The lowest BCUT2D eigenvalue weighted by atomic mass is 9.94. The van der Waals surface area contributed by atoms with Crippen molar-refractivity contribution < 1.29 is 14.3 Å². The van der Waals surface area contributed by atoms with Crippen LogP contribution in [-0.4, -0.2) is 35.8 Å². The molecule has 0 radical (unpaired) electrons. The number of carbonyl (C=O) groups is 2. The zero-order valence-electron chi connectivity index (χ0n) is 14.7. The molecule has 2 amide bonds. The Morgan fingerprint density at radius 3 is 2.72 bits per heavy atom. The van der Waals surface area contributed by atoms with Crippen molar-refractivity contribution in [3.63, 3.8) is 0 Å². The molecule has 6 nitrogen and oxygen atoms in total. The number of rotatable bonds is 5. The van der Waals surface area contributed by atoms with Gasteiger partial charge in [-0.25, -0.2) is 4.99 Å². The Hall–Kier alpha value is -2.63. The molecule has 6 heteroatoms. The Morgan fingerprint density at radius 2 is 2.04 bits per heavy atom. The first-order chi connectivity index (χ1) is 12.0. The smallest absolute Gasteiger partial charge is 0.251 e. The molecule has 0 fully saturated rings. The molecular weight excluding hydrogens is 318 g/mol. The molecule has 1 aromatic rings. The number of benzene rings is 1. The zero-order chi connectivity index (χ0) is 18.0. The number of nitrogens with zero attached hydrogens (tertiary/aromatic N) is 2. The fourth-order valence-electron chi connectivity index (χ4n) is 3.12. The lowest BCUT2D eigenvalue weighted by Crippen LogP contribution is -2.46. The minimum absolute atomic E-state index is 0.129. The Labute approximate surface area is 147 Å². The number of fused-ring (bicyclic) bond motifs is 1. The van der Waals surface area contributed by atoms with Crippen molar-refractivity contribution in [2.24, 2.45) is 16.8 Å². The fraction of sp³-hybridized carbons (Fsp3) is 0.421. The fourth-order valence-corrected chi connectivity index (χ4v) is 3.12. The molecule has 0 aliphatic carbocycles. The molecule has 0 bridgehead atoms. The summed E-state index contributed by atoms with van der Waals surface area (Å²) in [6.45, 7) is 6.76. The molecule has 0 saturated heterocycles. The quantitative estimate of drug-likeness (QED) is 0.891. The SMILES string of the molecule is CC1=C(C(=O)NCc2ccccc2)C2C(=O)N(CC(C)C)C=NC2O1. The molecule has 2 unspecified atom stereocenters. The van der Waals surface area contributed by atoms with E-state index in [9.17, 15) is 9.59 Å². The van der Waals surface area contributed by atoms with Crippen LogP contribution in [0.25, 0.3) is 0 Å². The molecule has 2 aliphatic heterocycles. The standard InChI is InChI=1S/C19H23N3O3/c1-12(2)10-22-11-21-18-16(19(22)24)15(13(3)25-18)17(23)20-9-14-7-5-4-6-8-14/h4-8,11-12,16,18H,9-10H2,1-3H3,(H,20,23). The van der Waals surface area contributed by atoms with Crippen molar-refractivity contribution in [3.05, 3.63) is 47.2 Å². The average Bonchev–Trinajstić information content (AvgIpc) is 2.93. The maximum Gasteiger partial charge on any atom is 0.251 e. The van der Waals surface area contributed by atoms with Crippen LogP contribution in [0.1, 0.15) is 26.3 Å². The number of allylic oxidation sites excluding steroid dienone is 1. The number of aliphatic imine (C=N–C) groups is 1. The Bertz CT molecular complexity index is 725. The predicted octanol–water partition coefficient (Wildman–Crippen LogP) is 2.08. The van der Waals surface area contributed by atoms with Crippen molar-refractivity contribution >= 4 is 18.2 Å². The second kappa shape index (κ2) is 7.09. The molecule has 0 saturated carbocycles. The highest BCUT2D eigenvalue weighted by Gasteiger charge is 2.47. The molecule has 1 aromatic carbocycles. The Morgan fingerprint density at radius 1 is 1.32 bits per heavy atom. The van der Waals surface area contributed by atoms with Crippen LogP contribution in [0.4, 0.5) is 0 Å². The third-order valence-corrected chi connectivity index (χ3v) is 4.28. The number of hydrogen-bond acceptors (Lipinski definition) is 4. The van der Waals surface area contributed by atoms with E-state index < -0.39 is 12.1 Å². The third kappa shape index (κ3) is 3.57. The second-order valence-corrected chi connectivity index (χ2v) is 6.77. The highest BCUT2D eigenvalue weighted by atomic mass is 16.5. The first-order valence-electron chi connectivity index (χ1n) is 8.50. The summed E-state index contributed by atoms with van der Waals surface area (Å²) in [6.07, 6.45) is 0.898. The van der Waals surface area contributed by atoms with E-state index in [1.165, 1.54) is 6.34 Å². The Balaban J connectivity index is 1.74. The van der Waals surface area contributed by atoms with Crippen LogP contribution in [0.5, 0.6) is 0 Å². The van der Waals surface area contributed by atoms with E-state index in [1.807, 2.05) is 44.2 Å². The van der Waals surface area contributed by atoms with E-state index in [4.69, 9.17) is 4.74 Å². The van der Waals surface area contributed by atoms with Gasteiger partial charge in [-0.2, -0.15) is 0 Å². The Kier molecular flexibility index (Phi) is 4.88. The zero-order valence-corrected chi connectivity index (χ0v) is 14.7.